The normalized spacial score (nSPS) is 12.9. The molecule has 0 N–H and O–H groups in total. The Balaban J connectivity index is 3.31. The van der Waals surface area contributed by atoms with E-state index in [1.165, 1.54) is 0 Å². The predicted octanol–water partition coefficient (Wildman–Crippen LogP) is 3.58. The molecule has 1 aromatic rings. The Morgan fingerprint density at radius 1 is 0.933 bits per heavy atom. The quantitative estimate of drug-likeness (QED) is 0.538. The van der Waals surface area contributed by atoms with Crippen LogP contribution in [0.25, 0.3) is 0 Å². The van der Waals surface area contributed by atoms with Crippen LogP contribution in [0.15, 0.2) is 24.3 Å². The smallest absolute Gasteiger partial charge is 0.126 e. The molecule has 0 heterocycles. The van der Waals surface area contributed by atoms with Crippen molar-refractivity contribution in [1.29, 1.82) is 0 Å². The fraction of sp³-hybridized carbons (Fsp3) is 0.538. The molecular weight excluding hydrogens is 188 g/mol. The molecule has 15 heavy (non-hydrogen) atoms. The molecule has 0 spiro atoms. The lowest BCUT2D eigenvalue weighted by molar-refractivity contribution is -0.370. The van der Waals surface area contributed by atoms with Crippen LogP contribution in [0.4, 0.5) is 0 Å². The van der Waals surface area contributed by atoms with Crippen LogP contribution in [0.5, 0.6) is 0 Å². The second-order valence-electron chi connectivity index (χ2n) is 5.39. The molecule has 0 amide bonds. The molecule has 0 fully saturated rings. The summed E-state index contributed by atoms with van der Waals surface area (Å²) in [6.07, 6.45) is 0. The van der Waals surface area contributed by atoms with E-state index in [2.05, 4.69) is 31.7 Å². The molecule has 0 saturated carbocycles. The van der Waals surface area contributed by atoms with Gasteiger partial charge in [-0.05, 0) is 35.6 Å². The van der Waals surface area contributed by atoms with E-state index < -0.39 is 5.60 Å². The molecular formula is C13H19O2. The van der Waals surface area contributed by atoms with E-state index in [-0.39, 0.29) is 5.41 Å². The maximum atomic E-state index is 10.7. The van der Waals surface area contributed by atoms with Crippen LogP contribution in [-0.2, 0) is 21.2 Å². The summed E-state index contributed by atoms with van der Waals surface area (Å²) in [7, 11) is 0. The van der Waals surface area contributed by atoms with Crippen molar-refractivity contribution in [2.45, 2.75) is 45.6 Å². The average molecular weight is 207 g/mol. The molecule has 0 aliphatic heterocycles. The maximum Gasteiger partial charge on any atom is 0.126 e. The Bertz CT molecular complexity index is 335. The van der Waals surface area contributed by atoms with E-state index in [0.29, 0.717) is 0 Å². The number of hydrogen-bond acceptors (Lipinski definition) is 1. The minimum absolute atomic E-state index is 0.0202. The summed E-state index contributed by atoms with van der Waals surface area (Å²) in [4.78, 5) is 4.31. The number of hydrogen-bond donors (Lipinski definition) is 0. The molecule has 0 atom stereocenters. The first-order chi connectivity index (χ1) is 6.79. The van der Waals surface area contributed by atoms with Crippen molar-refractivity contribution < 1.29 is 10.1 Å². The second kappa shape index (κ2) is 3.95. The molecule has 0 unspecified atom stereocenters. The minimum atomic E-state index is -0.774. The first kappa shape index (κ1) is 12.2. The van der Waals surface area contributed by atoms with Gasteiger partial charge in [-0.15, -0.1) is 0 Å². The second-order valence-corrected chi connectivity index (χ2v) is 5.39. The molecule has 0 bridgehead atoms. The van der Waals surface area contributed by atoms with Crippen LogP contribution in [-0.4, -0.2) is 0 Å². The molecule has 0 saturated heterocycles. The zero-order chi connectivity index (χ0) is 11.7. The number of benzene rings is 1. The van der Waals surface area contributed by atoms with Crippen LogP contribution >= 0.6 is 0 Å². The summed E-state index contributed by atoms with van der Waals surface area (Å²) in [5.41, 5.74) is 1.37. The third-order valence-electron chi connectivity index (χ3n) is 2.59. The summed E-state index contributed by atoms with van der Waals surface area (Å²) < 4.78 is 0. The molecule has 83 valence electrons. The Morgan fingerprint density at radius 3 is 1.80 bits per heavy atom. The highest BCUT2D eigenvalue weighted by Crippen LogP contribution is 2.34. The van der Waals surface area contributed by atoms with Gasteiger partial charge in [-0.2, -0.15) is 4.89 Å². The Hall–Kier alpha value is -0.860. The lowest BCUT2D eigenvalue weighted by atomic mass is 9.79. The number of rotatable bonds is 2. The standard InChI is InChI=1S/C13H19O2/c1-12(2,3)10-8-6-7-9-11(10)13(4,5)15-14/h6-9H,1-5H3. The Labute approximate surface area is 91.8 Å². The summed E-state index contributed by atoms with van der Waals surface area (Å²) in [6.45, 7) is 9.99. The molecule has 0 aromatic heterocycles. The topological polar surface area (TPSA) is 29.1 Å². The summed E-state index contributed by atoms with van der Waals surface area (Å²) in [6, 6.07) is 7.94. The van der Waals surface area contributed by atoms with Gasteiger partial charge in [-0.1, -0.05) is 45.0 Å². The molecule has 2 nitrogen and oxygen atoms in total. The van der Waals surface area contributed by atoms with Gasteiger partial charge in [0.15, 0.2) is 0 Å². The van der Waals surface area contributed by atoms with Crippen molar-refractivity contribution in [3.63, 3.8) is 0 Å². The van der Waals surface area contributed by atoms with Gasteiger partial charge in [0.1, 0.15) is 5.60 Å². The highest BCUT2D eigenvalue weighted by molar-refractivity contribution is 5.36. The molecule has 1 radical (unpaired) electrons. The fourth-order valence-corrected chi connectivity index (χ4v) is 1.71. The lowest BCUT2D eigenvalue weighted by Gasteiger charge is -2.29. The average Bonchev–Trinajstić information content (AvgIpc) is 2.16. The van der Waals surface area contributed by atoms with E-state index >= 15 is 0 Å². The molecule has 2 heteroatoms. The van der Waals surface area contributed by atoms with Gasteiger partial charge in [0.2, 0.25) is 0 Å². The highest BCUT2D eigenvalue weighted by atomic mass is 17.1. The molecule has 1 aromatic carbocycles. The highest BCUT2D eigenvalue weighted by Gasteiger charge is 2.29. The predicted molar refractivity (Wildman–Crippen MR) is 59.9 cm³/mol. The third-order valence-corrected chi connectivity index (χ3v) is 2.59. The Morgan fingerprint density at radius 2 is 1.40 bits per heavy atom. The monoisotopic (exact) mass is 207 g/mol. The van der Waals surface area contributed by atoms with Crippen molar-refractivity contribution in [3.8, 4) is 0 Å². The van der Waals surface area contributed by atoms with Crippen molar-refractivity contribution >= 4 is 0 Å². The van der Waals surface area contributed by atoms with Crippen molar-refractivity contribution in [2.24, 2.45) is 0 Å². The third kappa shape index (κ3) is 2.58. The van der Waals surface area contributed by atoms with Crippen molar-refractivity contribution in [2.75, 3.05) is 0 Å². The summed E-state index contributed by atoms with van der Waals surface area (Å²) in [5, 5.41) is 10.7. The zero-order valence-electron chi connectivity index (χ0n) is 10.1. The first-order valence-corrected chi connectivity index (χ1v) is 5.20. The minimum Gasteiger partial charge on any atom is -0.193 e. The molecule has 0 aliphatic rings. The van der Waals surface area contributed by atoms with Gasteiger partial charge in [0.25, 0.3) is 0 Å². The van der Waals surface area contributed by atoms with E-state index in [9.17, 15) is 5.26 Å². The van der Waals surface area contributed by atoms with Gasteiger partial charge in [0.05, 0.1) is 0 Å². The van der Waals surface area contributed by atoms with E-state index in [0.717, 1.165) is 11.1 Å². The van der Waals surface area contributed by atoms with Crippen LogP contribution in [0.1, 0.15) is 45.7 Å². The SMILES string of the molecule is CC(C)(C)c1ccccc1C(C)(C)O[O]. The van der Waals surface area contributed by atoms with Crippen molar-refractivity contribution in [1.82, 2.24) is 0 Å². The summed E-state index contributed by atoms with van der Waals surface area (Å²) in [5.74, 6) is 0. The Kier molecular flexibility index (Phi) is 3.22. The van der Waals surface area contributed by atoms with Gasteiger partial charge < -0.3 is 0 Å². The molecule has 1 rings (SSSR count). The van der Waals surface area contributed by atoms with Gasteiger partial charge in [-0.3, -0.25) is 0 Å². The van der Waals surface area contributed by atoms with Gasteiger partial charge >= 0.3 is 0 Å². The van der Waals surface area contributed by atoms with E-state index in [4.69, 9.17) is 0 Å². The zero-order valence-corrected chi connectivity index (χ0v) is 10.1. The van der Waals surface area contributed by atoms with E-state index in [1.54, 1.807) is 13.8 Å². The summed E-state index contributed by atoms with van der Waals surface area (Å²) >= 11 is 0. The maximum absolute atomic E-state index is 10.7. The van der Waals surface area contributed by atoms with Crippen LogP contribution in [0.2, 0.25) is 0 Å². The molecule has 0 aliphatic carbocycles. The van der Waals surface area contributed by atoms with Crippen LogP contribution in [0.3, 0.4) is 0 Å². The van der Waals surface area contributed by atoms with E-state index in [1.807, 2.05) is 18.2 Å². The fourth-order valence-electron chi connectivity index (χ4n) is 1.71. The van der Waals surface area contributed by atoms with Crippen LogP contribution < -0.4 is 0 Å². The van der Waals surface area contributed by atoms with Crippen molar-refractivity contribution in [3.05, 3.63) is 35.4 Å². The first-order valence-electron chi connectivity index (χ1n) is 5.20. The van der Waals surface area contributed by atoms with Crippen LogP contribution in [0, 0.1) is 0 Å². The lowest BCUT2D eigenvalue weighted by Crippen LogP contribution is -2.25. The van der Waals surface area contributed by atoms with Gasteiger partial charge in [0, 0.05) is 0 Å². The largest absolute Gasteiger partial charge is 0.193 e. The van der Waals surface area contributed by atoms with Gasteiger partial charge in [-0.25, -0.2) is 0 Å².